The molecular weight excluding hydrogens is 186 g/mol. The number of nitrogens with one attached hydrogen (secondary N) is 1. The minimum Gasteiger partial charge on any atom is -0.317 e. The molecule has 0 amide bonds. The SMILES string of the molecule is CC/N=N\C(=C(\C)CC)C1CCNCC1. The molecular formula is C12H23N3. The summed E-state index contributed by atoms with van der Waals surface area (Å²) >= 11 is 0. The molecule has 1 heterocycles. The highest BCUT2D eigenvalue weighted by Gasteiger charge is 2.18. The van der Waals surface area contributed by atoms with E-state index >= 15 is 0 Å². The summed E-state index contributed by atoms with van der Waals surface area (Å²) in [6.07, 6.45) is 3.49. The molecule has 15 heavy (non-hydrogen) atoms. The van der Waals surface area contributed by atoms with Gasteiger partial charge in [-0.15, -0.1) is 0 Å². The van der Waals surface area contributed by atoms with Gasteiger partial charge in [-0.25, -0.2) is 0 Å². The summed E-state index contributed by atoms with van der Waals surface area (Å²) in [7, 11) is 0. The maximum atomic E-state index is 4.41. The van der Waals surface area contributed by atoms with Crippen LogP contribution in [0, 0.1) is 5.92 Å². The molecule has 1 saturated heterocycles. The van der Waals surface area contributed by atoms with E-state index in [9.17, 15) is 0 Å². The number of azo groups is 1. The van der Waals surface area contributed by atoms with Crippen LogP contribution in [0.15, 0.2) is 21.5 Å². The predicted octanol–water partition coefficient (Wildman–Crippen LogP) is 3.14. The molecule has 0 unspecified atom stereocenters. The molecule has 0 spiro atoms. The quantitative estimate of drug-likeness (QED) is 0.709. The van der Waals surface area contributed by atoms with Crippen molar-refractivity contribution in [2.24, 2.45) is 16.1 Å². The molecule has 1 fully saturated rings. The molecule has 0 aromatic heterocycles. The molecule has 0 saturated carbocycles. The van der Waals surface area contributed by atoms with Crippen LogP contribution in [0.1, 0.15) is 40.0 Å². The fourth-order valence-corrected chi connectivity index (χ4v) is 1.94. The molecule has 1 aliphatic rings. The molecule has 0 radical (unpaired) electrons. The fraction of sp³-hybridized carbons (Fsp3) is 0.833. The summed E-state index contributed by atoms with van der Waals surface area (Å²) < 4.78 is 0. The second kappa shape index (κ2) is 6.72. The Kier molecular flexibility index (Phi) is 5.54. The van der Waals surface area contributed by atoms with Gasteiger partial charge in [0.05, 0.1) is 12.2 Å². The normalized spacial score (nSPS) is 20.7. The highest BCUT2D eigenvalue weighted by molar-refractivity contribution is 5.14. The second-order valence-electron chi connectivity index (χ2n) is 4.10. The third kappa shape index (κ3) is 3.74. The standard InChI is InChI=1S/C12H23N3/c1-4-10(3)12(15-14-5-2)11-6-8-13-9-7-11/h11,13H,4-9H2,1-3H3/b12-10-,15-14-. The Labute approximate surface area is 93.1 Å². The first-order valence-corrected chi connectivity index (χ1v) is 6.07. The van der Waals surface area contributed by atoms with E-state index in [2.05, 4.69) is 29.4 Å². The van der Waals surface area contributed by atoms with Crippen molar-refractivity contribution in [3.05, 3.63) is 11.3 Å². The Bertz CT molecular complexity index is 237. The second-order valence-corrected chi connectivity index (χ2v) is 4.10. The zero-order chi connectivity index (χ0) is 11.1. The van der Waals surface area contributed by atoms with Gasteiger partial charge in [0.25, 0.3) is 0 Å². The third-order valence-electron chi connectivity index (χ3n) is 3.01. The van der Waals surface area contributed by atoms with Gasteiger partial charge < -0.3 is 5.32 Å². The summed E-state index contributed by atoms with van der Waals surface area (Å²) in [4.78, 5) is 0. The number of rotatable bonds is 4. The molecule has 1 rings (SSSR count). The van der Waals surface area contributed by atoms with E-state index in [1.54, 1.807) is 0 Å². The lowest BCUT2D eigenvalue weighted by atomic mass is 9.91. The van der Waals surface area contributed by atoms with E-state index in [4.69, 9.17) is 0 Å². The maximum absolute atomic E-state index is 4.41. The minimum absolute atomic E-state index is 0.626. The van der Waals surface area contributed by atoms with Crippen molar-refractivity contribution in [1.82, 2.24) is 5.32 Å². The Morgan fingerprint density at radius 2 is 1.93 bits per heavy atom. The van der Waals surface area contributed by atoms with Crippen molar-refractivity contribution in [2.75, 3.05) is 19.6 Å². The van der Waals surface area contributed by atoms with Crippen LogP contribution >= 0.6 is 0 Å². The molecule has 3 heteroatoms. The maximum Gasteiger partial charge on any atom is 0.0647 e. The first kappa shape index (κ1) is 12.4. The summed E-state index contributed by atoms with van der Waals surface area (Å²) in [5.74, 6) is 0.626. The molecule has 0 aliphatic carbocycles. The molecule has 0 aromatic rings. The van der Waals surface area contributed by atoms with Crippen LogP contribution in [-0.4, -0.2) is 19.6 Å². The molecule has 1 N–H and O–H groups in total. The van der Waals surface area contributed by atoms with Crippen LogP contribution in [-0.2, 0) is 0 Å². The highest BCUT2D eigenvalue weighted by Crippen LogP contribution is 2.26. The van der Waals surface area contributed by atoms with Gasteiger partial charge in [0.15, 0.2) is 0 Å². The van der Waals surface area contributed by atoms with Crippen LogP contribution in [0.2, 0.25) is 0 Å². The average molecular weight is 209 g/mol. The van der Waals surface area contributed by atoms with E-state index in [0.717, 1.165) is 26.1 Å². The summed E-state index contributed by atoms with van der Waals surface area (Å²) in [6.45, 7) is 9.43. The predicted molar refractivity (Wildman–Crippen MR) is 64.0 cm³/mol. The molecule has 1 aliphatic heterocycles. The van der Waals surface area contributed by atoms with E-state index < -0.39 is 0 Å². The van der Waals surface area contributed by atoms with Crippen LogP contribution < -0.4 is 5.32 Å². The lowest BCUT2D eigenvalue weighted by Gasteiger charge is -2.23. The van der Waals surface area contributed by atoms with Crippen LogP contribution in [0.3, 0.4) is 0 Å². The van der Waals surface area contributed by atoms with E-state index in [-0.39, 0.29) is 0 Å². The van der Waals surface area contributed by atoms with Crippen molar-refractivity contribution < 1.29 is 0 Å². The lowest BCUT2D eigenvalue weighted by Crippen LogP contribution is -2.28. The van der Waals surface area contributed by atoms with Gasteiger partial charge in [0.1, 0.15) is 0 Å². The zero-order valence-electron chi connectivity index (χ0n) is 10.2. The van der Waals surface area contributed by atoms with Crippen LogP contribution in [0.5, 0.6) is 0 Å². The fourth-order valence-electron chi connectivity index (χ4n) is 1.94. The van der Waals surface area contributed by atoms with Crippen LogP contribution in [0.4, 0.5) is 0 Å². The lowest BCUT2D eigenvalue weighted by molar-refractivity contribution is 0.411. The molecule has 3 nitrogen and oxygen atoms in total. The van der Waals surface area contributed by atoms with Crippen molar-refractivity contribution in [3.63, 3.8) is 0 Å². The number of nitrogens with zero attached hydrogens (tertiary/aromatic N) is 2. The Hall–Kier alpha value is -0.700. The molecule has 86 valence electrons. The summed E-state index contributed by atoms with van der Waals surface area (Å²) in [5.41, 5.74) is 2.65. The third-order valence-corrected chi connectivity index (χ3v) is 3.01. The van der Waals surface area contributed by atoms with Crippen molar-refractivity contribution in [1.29, 1.82) is 0 Å². The Morgan fingerprint density at radius 1 is 1.27 bits per heavy atom. The monoisotopic (exact) mass is 209 g/mol. The summed E-state index contributed by atoms with van der Waals surface area (Å²) in [6, 6.07) is 0. The molecule has 0 bridgehead atoms. The van der Waals surface area contributed by atoms with Gasteiger partial charge in [-0.05, 0) is 51.8 Å². The van der Waals surface area contributed by atoms with Gasteiger partial charge in [-0.3, -0.25) is 0 Å². The van der Waals surface area contributed by atoms with E-state index in [1.165, 1.54) is 24.1 Å². The van der Waals surface area contributed by atoms with Crippen molar-refractivity contribution >= 4 is 0 Å². The number of allylic oxidation sites excluding steroid dienone is 2. The van der Waals surface area contributed by atoms with E-state index in [1.807, 2.05) is 6.92 Å². The molecule has 0 atom stereocenters. The van der Waals surface area contributed by atoms with Gasteiger partial charge in [0, 0.05) is 5.92 Å². The van der Waals surface area contributed by atoms with Crippen LogP contribution in [0.25, 0.3) is 0 Å². The minimum atomic E-state index is 0.626. The largest absolute Gasteiger partial charge is 0.317 e. The number of piperidine rings is 1. The number of hydrogen-bond acceptors (Lipinski definition) is 3. The number of hydrogen-bond donors (Lipinski definition) is 1. The molecule has 0 aromatic carbocycles. The smallest absolute Gasteiger partial charge is 0.0647 e. The highest BCUT2D eigenvalue weighted by atomic mass is 15.1. The first-order chi connectivity index (χ1) is 7.29. The first-order valence-electron chi connectivity index (χ1n) is 6.07. The van der Waals surface area contributed by atoms with Gasteiger partial charge in [-0.1, -0.05) is 6.92 Å². The summed E-state index contributed by atoms with van der Waals surface area (Å²) in [5, 5.41) is 12.0. The van der Waals surface area contributed by atoms with Crippen molar-refractivity contribution in [3.8, 4) is 0 Å². The average Bonchev–Trinajstić information content (AvgIpc) is 2.30. The van der Waals surface area contributed by atoms with E-state index in [0.29, 0.717) is 5.92 Å². The van der Waals surface area contributed by atoms with Gasteiger partial charge in [0.2, 0.25) is 0 Å². The van der Waals surface area contributed by atoms with Crippen molar-refractivity contribution in [2.45, 2.75) is 40.0 Å². The zero-order valence-corrected chi connectivity index (χ0v) is 10.2. The Balaban J connectivity index is 2.75. The van der Waals surface area contributed by atoms with Gasteiger partial charge in [-0.2, -0.15) is 10.2 Å². The topological polar surface area (TPSA) is 36.8 Å². The Morgan fingerprint density at radius 3 is 2.47 bits per heavy atom. The van der Waals surface area contributed by atoms with Gasteiger partial charge >= 0.3 is 0 Å².